The van der Waals surface area contributed by atoms with Crippen LogP contribution in [0.1, 0.15) is 18.9 Å². The first-order chi connectivity index (χ1) is 6.86. The first-order valence-electron chi connectivity index (χ1n) is 5.22. The molecule has 1 aliphatic rings. The Balaban J connectivity index is 1.68. The summed E-state index contributed by atoms with van der Waals surface area (Å²) < 4.78 is 5.49. The van der Waals surface area contributed by atoms with Crippen molar-refractivity contribution in [1.82, 2.24) is 5.32 Å². The highest BCUT2D eigenvalue weighted by atomic mass is 32.1. The van der Waals surface area contributed by atoms with E-state index in [0.717, 1.165) is 26.0 Å². The van der Waals surface area contributed by atoms with Crippen LogP contribution in [0.4, 0.5) is 0 Å². The Morgan fingerprint density at radius 3 is 3.21 bits per heavy atom. The molecule has 0 spiro atoms. The van der Waals surface area contributed by atoms with Crippen molar-refractivity contribution in [3.05, 3.63) is 22.4 Å². The van der Waals surface area contributed by atoms with E-state index in [0.29, 0.717) is 12.1 Å². The summed E-state index contributed by atoms with van der Waals surface area (Å²) in [7, 11) is 0. The van der Waals surface area contributed by atoms with Crippen molar-refractivity contribution in [3.8, 4) is 0 Å². The Hall–Kier alpha value is -0.380. The highest BCUT2D eigenvalue weighted by molar-refractivity contribution is 7.07. The Bertz CT molecular complexity index is 260. The molecule has 0 radical (unpaired) electrons. The lowest BCUT2D eigenvalue weighted by atomic mass is 10.1. The van der Waals surface area contributed by atoms with Gasteiger partial charge in [0.05, 0.1) is 6.10 Å². The van der Waals surface area contributed by atoms with Crippen molar-refractivity contribution >= 4 is 11.3 Å². The molecular weight excluding hydrogens is 194 g/mol. The van der Waals surface area contributed by atoms with E-state index in [1.54, 1.807) is 11.3 Å². The number of rotatable bonds is 4. The zero-order chi connectivity index (χ0) is 9.80. The van der Waals surface area contributed by atoms with Crippen LogP contribution >= 0.6 is 11.3 Å². The highest BCUT2D eigenvalue weighted by Crippen LogP contribution is 2.12. The van der Waals surface area contributed by atoms with Crippen molar-refractivity contribution in [3.63, 3.8) is 0 Å². The number of ether oxygens (including phenoxy) is 1. The van der Waals surface area contributed by atoms with Gasteiger partial charge in [0.2, 0.25) is 0 Å². The first kappa shape index (κ1) is 10.1. The quantitative estimate of drug-likeness (QED) is 0.823. The number of hydrogen-bond donors (Lipinski definition) is 1. The van der Waals surface area contributed by atoms with Crippen LogP contribution in [0.25, 0.3) is 0 Å². The van der Waals surface area contributed by atoms with Gasteiger partial charge in [-0.15, -0.1) is 0 Å². The molecule has 2 unspecified atom stereocenters. The largest absolute Gasteiger partial charge is 0.377 e. The molecule has 0 amide bonds. The Labute approximate surface area is 89.3 Å². The summed E-state index contributed by atoms with van der Waals surface area (Å²) in [4.78, 5) is 0. The van der Waals surface area contributed by atoms with Gasteiger partial charge in [0.1, 0.15) is 0 Å². The van der Waals surface area contributed by atoms with Gasteiger partial charge in [-0.3, -0.25) is 0 Å². The van der Waals surface area contributed by atoms with E-state index in [2.05, 4.69) is 29.1 Å². The van der Waals surface area contributed by atoms with Crippen LogP contribution in [0, 0.1) is 0 Å². The van der Waals surface area contributed by atoms with Crippen LogP contribution in [0.15, 0.2) is 16.8 Å². The smallest absolute Gasteiger partial charge is 0.0700 e. The number of nitrogens with one attached hydrogen (secondary N) is 1. The second-order valence-electron chi connectivity index (χ2n) is 3.81. The second-order valence-corrected chi connectivity index (χ2v) is 4.59. The molecule has 1 saturated heterocycles. The van der Waals surface area contributed by atoms with Crippen molar-refractivity contribution < 1.29 is 4.74 Å². The van der Waals surface area contributed by atoms with Gasteiger partial charge in [0, 0.05) is 12.6 Å². The lowest BCUT2D eigenvalue weighted by molar-refractivity contribution is 0.113. The van der Waals surface area contributed by atoms with Gasteiger partial charge >= 0.3 is 0 Å². The summed E-state index contributed by atoms with van der Waals surface area (Å²) >= 11 is 1.77. The summed E-state index contributed by atoms with van der Waals surface area (Å²) in [5, 5.41) is 7.90. The van der Waals surface area contributed by atoms with Crippen molar-refractivity contribution in [2.24, 2.45) is 0 Å². The van der Waals surface area contributed by atoms with E-state index in [-0.39, 0.29) is 0 Å². The normalized spacial score (nSPS) is 26.9. The maximum atomic E-state index is 5.49. The van der Waals surface area contributed by atoms with Crippen LogP contribution in [0.5, 0.6) is 0 Å². The molecule has 2 atom stereocenters. The lowest BCUT2D eigenvalue weighted by Gasteiger charge is -2.15. The van der Waals surface area contributed by atoms with Crippen LogP contribution in [-0.4, -0.2) is 25.3 Å². The molecule has 0 aliphatic carbocycles. The minimum absolute atomic E-state index is 0.387. The lowest BCUT2D eigenvalue weighted by Crippen LogP contribution is -2.35. The molecule has 1 N–H and O–H groups in total. The molecule has 1 aromatic heterocycles. The van der Waals surface area contributed by atoms with Gasteiger partial charge < -0.3 is 10.1 Å². The molecule has 1 aromatic rings. The summed E-state index contributed by atoms with van der Waals surface area (Å²) in [5.41, 5.74) is 1.44. The third-order valence-electron chi connectivity index (χ3n) is 2.78. The predicted octanol–water partition coefficient (Wildman–Crippen LogP) is 2.06. The fourth-order valence-electron chi connectivity index (χ4n) is 1.84. The number of thiophene rings is 1. The molecule has 0 saturated carbocycles. The van der Waals surface area contributed by atoms with E-state index in [1.807, 2.05) is 0 Å². The van der Waals surface area contributed by atoms with Crippen molar-refractivity contribution in [2.75, 3.05) is 13.2 Å². The summed E-state index contributed by atoms with van der Waals surface area (Å²) in [6.45, 7) is 4.13. The monoisotopic (exact) mass is 211 g/mol. The molecule has 2 nitrogen and oxygen atoms in total. The van der Waals surface area contributed by atoms with E-state index < -0.39 is 0 Å². The van der Waals surface area contributed by atoms with E-state index >= 15 is 0 Å². The van der Waals surface area contributed by atoms with Crippen LogP contribution in [0.3, 0.4) is 0 Å². The molecular formula is C11H17NOS. The topological polar surface area (TPSA) is 21.3 Å². The van der Waals surface area contributed by atoms with Gasteiger partial charge in [0.25, 0.3) is 0 Å². The molecule has 3 heteroatoms. The van der Waals surface area contributed by atoms with Crippen LogP contribution < -0.4 is 5.32 Å². The maximum absolute atomic E-state index is 5.49. The van der Waals surface area contributed by atoms with Gasteiger partial charge in [-0.2, -0.15) is 11.3 Å². The van der Waals surface area contributed by atoms with E-state index in [9.17, 15) is 0 Å². The fourth-order valence-corrected chi connectivity index (χ4v) is 2.54. The minimum Gasteiger partial charge on any atom is -0.377 e. The second kappa shape index (κ2) is 4.91. The predicted molar refractivity (Wildman–Crippen MR) is 59.8 cm³/mol. The Morgan fingerprint density at radius 2 is 2.57 bits per heavy atom. The molecule has 1 aliphatic heterocycles. The standard InChI is InChI=1S/C11H17NOS/c1-9-11(3-6-13-9)12-5-2-10-4-7-14-8-10/h4,7-9,11-12H,2-3,5-6H2,1H3. The van der Waals surface area contributed by atoms with Crippen molar-refractivity contribution in [2.45, 2.75) is 31.9 Å². The van der Waals surface area contributed by atoms with Crippen LogP contribution in [0.2, 0.25) is 0 Å². The molecule has 14 heavy (non-hydrogen) atoms. The minimum atomic E-state index is 0.387. The molecule has 0 aromatic carbocycles. The third kappa shape index (κ3) is 2.56. The Morgan fingerprint density at radius 1 is 1.64 bits per heavy atom. The van der Waals surface area contributed by atoms with E-state index in [4.69, 9.17) is 4.74 Å². The third-order valence-corrected chi connectivity index (χ3v) is 3.51. The van der Waals surface area contributed by atoms with Crippen molar-refractivity contribution in [1.29, 1.82) is 0 Å². The van der Waals surface area contributed by atoms with Crippen LogP contribution in [-0.2, 0) is 11.2 Å². The molecule has 2 rings (SSSR count). The molecule has 0 bridgehead atoms. The molecule has 1 fully saturated rings. The van der Waals surface area contributed by atoms with Gasteiger partial charge in [0.15, 0.2) is 0 Å². The molecule has 78 valence electrons. The zero-order valence-corrected chi connectivity index (χ0v) is 9.35. The number of hydrogen-bond acceptors (Lipinski definition) is 3. The average molecular weight is 211 g/mol. The Kier molecular flexibility index (Phi) is 3.56. The summed E-state index contributed by atoms with van der Waals surface area (Å²) in [6.07, 6.45) is 2.68. The molecule has 2 heterocycles. The zero-order valence-electron chi connectivity index (χ0n) is 8.53. The SMILES string of the molecule is CC1OCCC1NCCc1ccsc1. The fraction of sp³-hybridized carbons (Fsp3) is 0.636. The van der Waals surface area contributed by atoms with E-state index in [1.165, 1.54) is 5.56 Å². The maximum Gasteiger partial charge on any atom is 0.0700 e. The highest BCUT2D eigenvalue weighted by Gasteiger charge is 2.22. The average Bonchev–Trinajstić information content (AvgIpc) is 2.78. The van der Waals surface area contributed by atoms with Gasteiger partial charge in [-0.05, 0) is 48.7 Å². The summed E-state index contributed by atoms with van der Waals surface area (Å²) in [6, 6.07) is 2.76. The van der Waals surface area contributed by atoms with Gasteiger partial charge in [-0.1, -0.05) is 0 Å². The first-order valence-corrected chi connectivity index (χ1v) is 6.16. The van der Waals surface area contributed by atoms with Gasteiger partial charge in [-0.25, -0.2) is 0 Å². The summed E-state index contributed by atoms with van der Waals surface area (Å²) in [5.74, 6) is 0.